The van der Waals surface area contributed by atoms with Crippen molar-refractivity contribution in [2.24, 2.45) is 0 Å². The van der Waals surface area contributed by atoms with Crippen LogP contribution in [0.4, 0.5) is 4.79 Å². The molecule has 1 spiro atoms. The van der Waals surface area contributed by atoms with Crippen molar-refractivity contribution in [1.29, 1.82) is 0 Å². The smallest absolute Gasteiger partial charge is 0.410 e. The monoisotopic (exact) mass is 361 g/mol. The van der Waals surface area contributed by atoms with Crippen molar-refractivity contribution in [3.8, 4) is 11.5 Å². The van der Waals surface area contributed by atoms with E-state index in [-0.39, 0.29) is 19.2 Å². The van der Waals surface area contributed by atoms with Crippen LogP contribution in [0.25, 0.3) is 0 Å². The van der Waals surface area contributed by atoms with Gasteiger partial charge in [0.15, 0.2) is 11.5 Å². The van der Waals surface area contributed by atoms with E-state index in [9.17, 15) is 9.59 Å². The van der Waals surface area contributed by atoms with Crippen LogP contribution >= 0.6 is 0 Å². The fraction of sp³-hybridized carbons (Fsp3) is 0.556. The van der Waals surface area contributed by atoms with Crippen molar-refractivity contribution in [3.05, 3.63) is 23.8 Å². The quantitative estimate of drug-likeness (QED) is 0.860. The summed E-state index contributed by atoms with van der Waals surface area (Å²) in [7, 11) is 1.73. The second-order valence-electron chi connectivity index (χ2n) is 7.09. The number of nitrogens with zero attached hydrogens (tertiary/aromatic N) is 2. The highest BCUT2D eigenvalue weighted by Crippen LogP contribution is 2.33. The Kier molecular flexibility index (Phi) is 4.36. The van der Waals surface area contributed by atoms with E-state index >= 15 is 0 Å². The minimum absolute atomic E-state index is 0.0368. The van der Waals surface area contributed by atoms with Crippen LogP contribution in [0.5, 0.6) is 11.5 Å². The van der Waals surface area contributed by atoms with Gasteiger partial charge in [0.2, 0.25) is 12.7 Å². The van der Waals surface area contributed by atoms with Crippen LogP contribution in [0.15, 0.2) is 18.2 Å². The number of carbonyl (C=O) groups excluding carboxylic acids is 2. The molecular formula is C18H23N3O5. The first-order chi connectivity index (χ1) is 12.5. The molecule has 2 fully saturated rings. The summed E-state index contributed by atoms with van der Waals surface area (Å²) < 4.78 is 16.3. The van der Waals surface area contributed by atoms with E-state index in [0.717, 1.165) is 37.2 Å². The minimum Gasteiger partial charge on any atom is -0.454 e. The number of ether oxygens (including phenoxy) is 3. The molecule has 0 radical (unpaired) electrons. The van der Waals surface area contributed by atoms with Gasteiger partial charge in [-0.25, -0.2) is 4.79 Å². The maximum Gasteiger partial charge on any atom is 0.410 e. The topological polar surface area (TPSA) is 80.3 Å². The fourth-order valence-corrected chi connectivity index (χ4v) is 3.64. The van der Waals surface area contributed by atoms with E-state index in [1.165, 1.54) is 4.90 Å². The summed E-state index contributed by atoms with van der Waals surface area (Å²) in [6.45, 7) is 2.85. The number of hydrogen-bond donors (Lipinski definition) is 1. The van der Waals surface area contributed by atoms with Gasteiger partial charge in [-0.1, -0.05) is 6.07 Å². The minimum atomic E-state index is -0.432. The largest absolute Gasteiger partial charge is 0.454 e. The number of likely N-dealkylation sites (N-methyl/N-ethyl adjacent to an activating group) is 1. The molecule has 0 unspecified atom stereocenters. The number of amides is 2. The first-order valence-corrected chi connectivity index (χ1v) is 8.86. The van der Waals surface area contributed by atoms with Crippen LogP contribution in [0.1, 0.15) is 18.4 Å². The van der Waals surface area contributed by atoms with Crippen LogP contribution in [0, 0.1) is 0 Å². The molecule has 8 nitrogen and oxygen atoms in total. The highest BCUT2D eigenvalue weighted by Gasteiger charge is 2.46. The van der Waals surface area contributed by atoms with Crippen LogP contribution in [0.2, 0.25) is 0 Å². The molecule has 4 rings (SSSR count). The maximum atomic E-state index is 12.6. The first-order valence-electron chi connectivity index (χ1n) is 8.86. The summed E-state index contributed by atoms with van der Waals surface area (Å²) in [6.07, 6.45) is 1.18. The van der Waals surface area contributed by atoms with Gasteiger partial charge in [0.25, 0.3) is 0 Å². The highest BCUT2D eigenvalue weighted by molar-refractivity contribution is 5.83. The molecule has 1 aromatic rings. The molecule has 0 aliphatic carbocycles. The molecule has 2 amide bonds. The SMILES string of the molecule is CN(Cc1ccc2c(c1)OCO2)C(=O)CN1CC2(CCNCC2)OC1=O. The first kappa shape index (κ1) is 17.0. The Morgan fingerprint density at radius 2 is 2.04 bits per heavy atom. The number of carbonyl (C=O) groups is 2. The van der Waals surface area contributed by atoms with Crippen LogP contribution in [-0.2, 0) is 16.1 Å². The molecule has 8 heteroatoms. The summed E-state index contributed by atoms with van der Waals surface area (Å²) in [4.78, 5) is 27.9. The Morgan fingerprint density at radius 3 is 2.85 bits per heavy atom. The molecule has 3 heterocycles. The third kappa shape index (κ3) is 3.29. The average molecular weight is 361 g/mol. The van der Waals surface area contributed by atoms with Gasteiger partial charge in [-0.15, -0.1) is 0 Å². The zero-order valence-corrected chi connectivity index (χ0v) is 14.8. The summed E-state index contributed by atoms with van der Waals surface area (Å²) in [5.41, 5.74) is 0.516. The van der Waals surface area contributed by atoms with Gasteiger partial charge in [0.05, 0.1) is 6.54 Å². The maximum absolute atomic E-state index is 12.6. The molecule has 26 heavy (non-hydrogen) atoms. The Hall–Kier alpha value is -2.48. The van der Waals surface area contributed by atoms with Gasteiger partial charge in [-0.3, -0.25) is 9.69 Å². The van der Waals surface area contributed by atoms with E-state index in [1.807, 2.05) is 18.2 Å². The molecular weight excluding hydrogens is 338 g/mol. The number of nitrogens with one attached hydrogen (secondary N) is 1. The van der Waals surface area contributed by atoms with E-state index in [0.29, 0.717) is 18.8 Å². The van der Waals surface area contributed by atoms with Gasteiger partial charge < -0.3 is 24.4 Å². The van der Waals surface area contributed by atoms with Crippen LogP contribution in [0.3, 0.4) is 0 Å². The van der Waals surface area contributed by atoms with Crippen molar-refractivity contribution in [2.75, 3.05) is 40.0 Å². The molecule has 0 aromatic heterocycles. The number of piperidine rings is 1. The molecule has 0 bridgehead atoms. The molecule has 2 saturated heterocycles. The molecule has 1 N–H and O–H groups in total. The van der Waals surface area contributed by atoms with Gasteiger partial charge in [0.1, 0.15) is 12.1 Å². The molecule has 0 atom stereocenters. The Balaban J connectivity index is 1.35. The summed E-state index contributed by atoms with van der Waals surface area (Å²) in [5.74, 6) is 1.29. The van der Waals surface area contributed by atoms with Crippen molar-refractivity contribution < 1.29 is 23.8 Å². The Morgan fingerprint density at radius 1 is 1.27 bits per heavy atom. The second-order valence-corrected chi connectivity index (χ2v) is 7.09. The predicted molar refractivity (Wildman–Crippen MR) is 91.9 cm³/mol. The van der Waals surface area contributed by atoms with Gasteiger partial charge in [0, 0.05) is 26.4 Å². The van der Waals surface area contributed by atoms with Gasteiger partial charge in [-0.2, -0.15) is 0 Å². The lowest BCUT2D eigenvalue weighted by Crippen LogP contribution is -2.46. The lowest BCUT2D eigenvalue weighted by molar-refractivity contribution is -0.130. The average Bonchev–Trinajstić information content (AvgIpc) is 3.20. The van der Waals surface area contributed by atoms with E-state index in [4.69, 9.17) is 14.2 Å². The third-order valence-electron chi connectivity index (χ3n) is 5.16. The van der Waals surface area contributed by atoms with Crippen LogP contribution in [-0.4, -0.2) is 67.4 Å². The lowest BCUT2D eigenvalue weighted by Gasteiger charge is -2.31. The van der Waals surface area contributed by atoms with E-state index < -0.39 is 11.7 Å². The predicted octanol–water partition coefficient (Wildman–Crippen LogP) is 0.948. The van der Waals surface area contributed by atoms with E-state index in [1.54, 1.807) is 11.9 Å². The fourth-order valence-electron chi connectivity index (χ4n) is 3.64. The van der Waals surface area contributed by atoms with Crippen molar-refractivity contribution >= 4 is 12.0 Å². The molecule has 3 aliphatic rings. The highest BCUT2D eigenvalue weighted by atomic mass is 16.7. The van der Waals surface area contributed by atoms with Gasteiger partial charge >= 0.3 is 6.09 Å². The Labute approximate surface area is 152 Å². The lowest BCUT2D eigenvalue weighted by atomic mass is 9.92. The summed E-state index contributed by atoms with van der Waals surface area (Å²) >= 11 is 0. The molecule has 140 valence electrons. The number of fused-ring (bicyclic) bond motifs is 1. The normalized spacial score (nSPS) is 20.3. The number of hydrogen-bond acceptors (Lipinski definition) is 6. The molecule has 3 aliphatic heterocycles. The molecule has 0 saturated carbocycles. The van der Waals surface area contributed by atoms with E-state index in [2.05, 4.69) is 5.32 Å². The molecule has 1 aromatic carbocycles. The Bertz CT molecular complexity index is 717. The second kappa shape index (κ2) is 6.68. The number of benzene rings is 1. The summed E-state index contributed by atoms with van der Waals surface area (Å²) in [6, 6.07) is 5.63. The standard InChI is InChI=1S/C18H23N3O5/c1-20(9-13-2-3-14-15(8-13)25-12-24-14)16(22)10-21-11-18(26-17(21)23)4-6-19-7-5-18/h2-3,8,19H,4-7,9-12H2,1H3. The van der Waals surface area contributed by atoms with Crippen molar-refractivity contribution in [1.82, 2.24) is 15.1 Å². The zero-order valence-electron chi connectivity index (χ0n) is 14.8. The third-order valence-corrected chi connectivity index (χ3v) is 5.16. The van der Waals surface area contributed by atoms with Gasteiger partial charge in [-0.05, 0) is 30.8 Å². The van der Waals surface area contributed by atoms with Crippen molar-refractivity contribution in [2.45, 2.75) is 25.0 Å². The van der Waals surface area contributed by atoms with Crippen LogP contribution < -0.4 is 14.8 Å². The van der Waals surface area contributed by atoms with Crippen molar-refractivity contribution in [3.63, 3.8) is 0 Å². The zero-order chi connectivity index (χ0) is 18.1. The summed E-state index contributed by atoms with van der Waals surface area (Å²) in [5, 5.41) is 3.27. The number of rotatable bonds is 4.